The van der Waals surface area contributed by atoms with Gasteiger partial charge in [-0.05, 0) is 0 Å². The first-order chi connectivity index (χ1) is 5.70. The Hall–Kier alpha value is 0.01000. The molecule has 2 unspecified atom stereocenters. The lowest BCUT2D eigenvalue weighted by Gasteiger charge is -2.18. The van der Waals surface area contributed by atoms with Gasteiger partial charge in [-0.15, -0.1) is 0 Å². The van der Waals surface area contributed by atoms with Crippen LogP contribution in [-0.4, -0.2) is 43.8 Å². The normalized spacial score (nSPS) is 35.4. The number of aliphatic hydroxyl groups is 1. The molecule has 0 bridgehead atoms. The van der Waals surface area contributed by atoms with Crippen molar-refractivity contribution in [3.8, 4) is 0 Å². The van der Waals surface area contributed by atoms with Gasteiger partial charge in [0.15, 0.2) is 6.29 Å². The topological polar surface area (TPSA) is 47.9 Å². The second-order valence-electron chi connectivity index (χ2n) is 2.60. The first-order valence-corrected chi connectivity index (χ1v) is 4.15. The summed E-state index contributed by atoms with van der Waals surface area (Å²) in [4.78, 5) is 0. The molecule has 1 saturated heterocycles. The monoisotopic (exact) mass is 192 g/mol. The van der Waals surface area contributed by atoms with Crippen molar-refractivity contribution < 1.29 is 19.3 Å². The molecule has 1 aliphatic rings. The summed E-state index contributed by atoms with van der Waals surface area (Å²) >= 11 is 0. The van der Waals surface area contributed by atoms with E-state index in [1.54, 1.807) is 0 Å². The number of methoxy groups -OCH3 is 2. The predicted molar refractivity (Wildman–Crippen MR) is 46.6 cm³/mol. The fourth-order valence-electron chi connectivity index (χ4n) is 1.23. The zero-order chi connectivity index (χ0) is 9.14. The average Bonchev–Trinajstić information content (AvgIpc) is 2.45. The zero-order valence-electron chi connectivity index (χ0n) is 7.11. The molecule has 1 rings (SSSR count). The van der Waals surface area contributed by atoms with E-state index in [0.717, 1.165) is 0 Å². The highest BCUT2D eigenvalue weighted by Crippen LogP contribution is 2.24. The fourth-order valence-corrected chi connectivity index (χ4v) is 1.56. The summed E-state index contributed by atoms with van der Waals surface area (Å²) in [7, 11) is 6.31. The molecule has 12 heavy (non-hydrogen) atoms. The van der Waals surface area contributed by atoms with Crippen LogP contribution in [0.2, 0.25) is 0 Å². The minimum Gasteiger partial charge on any atom is -0.390 e. The molecule has 0 radical (unpaired) electrons. The molecule has 0 amide bonds. The molecule has 0 saturated carbocycles. The highest BCUT2D eigenvalue weighted by atomic mass is 31.0. The van der Waals surface area contributed by atoms with Gasteiger partial charge in [0.05, 0.1) is 24.1 Å². The predicted octanol–water partition coefficient (Wildman–Crippen LogP) is -0.115. The molecular weight excluding hydrogens is 179 g/mol. The van der Waals surface area contributed by atoms with E-state index in [9.17, 15) is 5.11 Å². The molecule has 0 aliphatic carbocycles. The summed E-state index contributed by atoms with van der Waals surface area (Å²) in [6.07, 6.45) is -0.991. The summed E-state index contributed by atoms with van der Waals surface area (Å²) in [5.41, 5.74) is 0.548. The van der Waals surface area contributed by atoms with Crippen molar-refractivity contribution in [2.75, 3.05) is 20.8 Å². The van der Waals surface area contributed by atoms with Crippen LogP contribution in [0.15, 0.2) is 0 Å². The van der Waals surface area contributed by atoms with E-state index in [0.29, 0.717) is 5.48 Å². The van der Waals surface area contributed by atoms with E-state index in [1.165, 1.54) is 14.2 Å². The van der Waals surface area contributed by atoms with Gasteiger partial charge in [0, 0.05) is 14.2 Å². The molecule has 1 N–H and O–H groups in total. The Labute approximate surface area is 73.6 Å². The number of rotatable bonds is 3. The Balaban J connectivity index is 2.63. The molecular formula is C7H13O4P. The smallest absolute Gasteiger partial charge is 0.168 e. The van der Waals surface area contributed by atoms with E-state index in [-0.39, 0.29) is 12.5 Å². The Kier molecular flexibility index (Phi) is 3.62. The number of hydrogen-bond donors (Lipinski definition) is 1. The number of hydrogen-bond acceptors (Lipinski definition) is 4. The van der Waals surface area contributed by atoms with Crippen molar-refractivity contribution in [3.05, 3.63) is 0 Å². The van der Waals surface area contributed by atoms with Gasteiger partial charge in [0.1, 0.15) is 0 Å². The Morgan fingerprint density at radius 2 is 2.25 bits per heavy atom. The van der Waals surface area contributed by atoms with Gasteiger partial charge in [-0.25, -0.2) is 0 Å². The maximum atomic E-state index is 9.46. The first-order valence-electron chi connectivity index (χ1n) is 3.65. The summed E-state index contributed by atoms with van der Waals surface area (Å²) in [6.45, 7) is 0.278. The lowest BCUT2D eigenvalue weighted by molar-refractivity contribution is -0.100. The number of ether oxygens (including phenoxy) is 3. The molecule has 1 aliphatic heterocycles. The van der Waals surface area contributed by atoms with Gasteiger partial charge >= 0.3 is 0 Å². The Bertz CT molecular complexity index is 173. The van der Waals surface area contributed by atoms with E-state index in [1.807, 2.05) is 0 Å². The highest BCUT2D eigenvalue weighted by Gasteiger charge is 2.38. The lowest BCUT2D eigenvalue weighted by Crippen LogP contribution is -2.32. The Morgan fingerprint density at radius 1 is 1.58 bits per heavy atom. The van der Waals surface area contributed by atoms with Crippen molar-refractivity contribution in [1.29, 1.82) is 0 Å². The van der Waals surface area contributed by atoms with Crippen molar-refractivity contribution in [2.24, 2.45) is 5.92 Å². The SMILES string of the molecule is COC(=P)C1C(OC)OC[C@@H]1O. The van der Waals surface area contributed by atoms with Gasteiger partial charge < -0.3 is 19.3 Å². The Morgan fingerprint density at radius 3 is 2.75 bits per heavy atom. The van der Waals surface area contributed by atoms with Crippen LogP contribution < -0.4 is 0 Å². The van der Waals surface area contributed by atoms with Crippen LogP contribution in [0.25, 0.3) is 0 Å². The summed E-state index contributed by atoms with van der Waals surface area (Å²) < 4.78 is 15.1. The largest absolute Gasteiger partial charge is 0.390 e. The van der Waals surface area contributed by atoms with Crippen LogP contribution in [-0.2, 0) is 14.2 Å². The van der Waals surface area contributed by atoms with Crippen LogP contribution >= 0.6 is 8.86 Å². The second-order valence-corrected chi connectivity index (χ2v) is 3.09. The van der Waals surface area contributed by atoms with Gasteiger partial charge in [-0.2, -0.15) is 0 Å². The molecule has 4 nitrogen and oxygen atoms in total. The van der Waals surface area contributed by atoms with Crippen LogP contribution in [0.5, 0.6) is 0 Å². The highest BCUT2D eigenvalue weighted by molar-refractivity contribution is 7.20. The van der Waals surface area contributed by atoms with Gasteiger partial charge in [0.25, 0.3) is 0 Å². The van der Waals surface area contributed by atoms with E-state index >= 15 is 0 Å². The third kappa shape index (κ3) is 1.84. The van der Waals surface area contributed by atoms with Gasteiger partial charge in [-0.1, -0.05) is 8.86 Å². The minimum atomic E-state index is -0.567. The van der Waals surface area contributed by atoms with E-state index in [4.69, 9.17) is 14.2 Å². The molecule has 0 aromatic rings. The van der Waals surface area contributed by atoms with Crippen LogP contribution in [0, 0.1) is 5.92 Å². The molecule has 3 atom stereocenters. The molecule has 0 aromatic carbocycles. The van der Waals surface area contributed by atoms with E-state index < -0.39 is 12.4 Å². The first kappa shape index (κ1) is 10.1. The lowest BCUT2D eigenvalue weighted by atomic mass is 10.1. The zero-order valence-corrected chi connectivity index (χ0v) is 8.11. The van der Waals surface area contributed by atoms with Crippen LogP contribution in [0.4, 0.5) is 0 Å². The maximum Gasteiger partial charge on any atom is 0.168 e. The molecule has 0 aromatic heterocycles. The molecule has 1 fully saturated rings. The third-order valence-electron chi connectivity index (χ3n) is 1.89. The van der Waals surface area contributed by atoms with Gasteiger partial charge in [-0.3, -0.25) is 0 Å². The molecule has 0 spiro atoms. The van der Waals surface area contributed by atoms with E-state index in [2.05, 4.69) is 8.86 Å². The van der Waals surface area contributed by atoms with Crippen LogP contribution in [0.1, 0.15) is 0 Å². The summed E-state index contributed by atoms with van der Waals surface area (Å²) in [5.74, 6) is -0.253. The third-order valence-corrected chi connectivity index (χ3v) is 2.43. The quantitative estimate of drug-likeness (QED) is 0.633. The summed E-state index contributed by atoms with van der Waals surface area (Å²) in [6, 6.07) is 0. The van der Waals surface area contributed by atoms with Crippen molar-refractivity contribution in [3.63, 3.8) is 0 Å². The fraction of sp³-hybridized carbons (Fsp3) is 0.857. The van der Waals surface area contributed by atoms with Crippen molar-refractivity contribution in [2.45, 2.75) is 12.4 Å². The second kappa shape index (κ2) is 4.30. The van der Waals surface area contributed by atoms with Gasteiger partial charge in [0.2, 0.25) is 0 Å². The minimum absolute atomic E-state index is 0.253. The summed E-state index contributed by atoms with van der Waals surface area (Å²) in [5, 5.41) is 9.46. The number of aliphatic hydroxyl groups excluding tert-OH is 1. The maximum absolute atomic E-state index is 9.46. The van der Waals surface area contributed by atoms with Crippen LogP contribution in [0.3, 0.4) is 0 Å². The average molecular weight is 192 g/mol. The molecule has 1 heterocycles. The molecule has 5 heteroatoms. The standard InChI is InChI=1S/C7H13O4P/c1-9-6-5(7(12)10-2)4(8)3-11-6/h4-6,8,12H,3H2,1-2H3/t4-,5?,6?/m0/s1. The van der Waals surface area contributed by atoms with Crippen molar-refractivity contribution >= 4 is 14.3 Å². The van der Waals surface area contributed by atoms with Crippen molar-refractivity contribution in [1.82, 2.24) is 0 Å². The molecule has 70 valence electrons.